The molecule has 0 bridgehead atoms. The Labute approximate surface area is 138 Å². The zero-order valence-electron chi connectivity index (χ0n) is 12.8. The van der Waals surface area contributed by atoms with Crippen LogP contribution in [0.5, 0.6) is 0 Å². The second-order valence-electron chi connectivity index (χ2n) is 5.45. The van der Waals surface area contributed by atoms with Crippen molar-refractivity contribution in [1.82, 2.24) is 14.8 Å². The lowest BCUT2D eigenvalue weighted by Gasteiger charge is -2.15. The van der Waals surface area contributed by atoms with E-state index in [9.17, 15) is 4.39 Å². The van der Waals surface area contributed by atoms with Crippen LogP contribution in [0.4, 0.5) is 4.39 Å². The minimum absolute atomic E-state index is 0.127. The minimum atomic E-state index is -0.286. The first-order valence-electron chi connectivity index (χ1n) is 7.54. The monoisotopic (exact) mass is 332 g/mol. The SMILES string of the molecule is CC(C#N)Sc1nnc(-c2ccc(F)cc2)n1CC1CCCO1. The highest BCUT2D eigenvalue weighted by molar-refractivity contribution is 8.00. The summed E-state index contributed by atoms with van der Waals surface area (Å²) in [4.78, 5) is 0. The highest BCUT2D eigenvalue weighted by Crippen LogP contribution is 2.28. The molecule has 1 aliphatic heterocycles. The Hall–Kier alpha value is -1.91. The van der Waals surface area contributed by atoms with Gasteiger partial charge in [-0.15, -0.1) is 10.2 Å². The smallest absolute Gasteiger partial charge is 0.192 e. The summed E-state index contributed by atoms with van der Waals surface area (Å²) in [6.07, 6.45) is 2.18. The average Bonchev–Trinajstić information content (AvgIpc) is 3.20. The number of rotatable bonds is 5. The number of thioether (sulfide) groups is 1. The van der Waals surface area contributed by atoms with E-state index in [0.29, 0.717) is 17.5 Å². The number of benzene rings is 1. The number of ether oxygens (including phenoxy) is 1. The number of nitriles is 1. The van der Waals surface area contributed by atoms with Crippen molar-refractivity contribution in [3.05, 3.63) is 30.1 Å². The maximum atomic E-state index is 13.2. The predicted octanol–water partition coefficient (Wildman–Crippen LogP) is 3.27. The molecule has 0 radical (unpaired) electrons. The summed E-state index contributed by atoms with van der Waals surface area (Å²) in [6.45, 7) is 3.24. The van der Waals surface area contributed by atoms with Gasteiger partial charge in [-0.25, -0.2) is 4.39 Å². The third kappa shape index (κ3) is 3.71. The van der Waals surface area contributed by atoms with E-state index in [4.69, 9.17) is 10.00 Å². The van der Waals surface area contributed by atoms with Crippen LogP contribution in [0.2, 0.25) is 0 Å². The van der Waals surface area contributed by atoms with Crippen LogP contribution in [0.25, 0.3) is 11.4 Å². The Morgan fingerprint density at radius 1 is 1.43 bits per heavy atom. The lowest BCUT2D eigenvalue weighted by molar-refractivity contribution is 0.0953. The van der Waals surface area contributed by atoms with E-state index in [0.717, 1.165) is 25.0 Å². The van der Waals surface area contributed by atoms with Crippen LogP contribution in [0, 0.1) is 17.1 Å². The van der Waals surface area contributed by atoms with Crippen LogP contribution in [-0.4, -0.2) is 32.7 Å². The van der Waals surface area contributed by atoms with Gasteiger partial charge in [-0.3, -0.25) is 4.57 Å². The maximum absolute atomic E-state index is 13.2. The molecular weight excluding hydrogens is 315 g/mol. The van der Waals surface area contributed by atoms with Crippen molar-refractivity contribution in [2.75, 3.05) is 6.61 Å². The summed E-state index contributed by atoms with van der Waals surface area (Å²) in [5.74, 6) is 0.389. The lowest BCUT2D eigenvalue weighted by atomic mass is 10.2. The number of aromatic nitrogens is 3. The van der Waals surface area contributed by atoms with Crippen molar-refractivity contribution in [2.24, 2.45) is 0 Å². The molecular formula is C16H17FN4OS. The van der Waals surface area contributed by atoms with Crippen LogP contribution in [0.15, 0.2) is 29.4 Å². The molecule has 1 aromatic carbocycles. The van der Waals surface area contributed by atoms with Gasteiger partial charge in [-0.1, -0.05) is 11.8 Å². The number of halogens is 1. The van der Waals surface area contributed by atoms with Crippen molar-refractivity contribution in [3.63, 3.8) is 0 Å². The highest BCUT2D eigenvalue weighted by Gasteiger charge is 2.22. The molecule has 2 atom stereocenters. The van der Waals surface area contributed by atoms with Gasteiger partial charge in [-0.2, -0.15) is 5.26 Å². The van der Waals surface area contributed by atoms with Gasteiger partial charge in [0.25, 0.3) is 0 Å². The van der Waals surface area contributed by atoms with E-state index in [1.807, 2.05) is 11.5 Å². The zero-order chi connectivity index (χ0) is 16.2. The van der Waals surface area contributed by atoms with Crippen molar-refractivity contribution in [3.8, 4) is 17.5 Å². The molecule has 0 saturated carbocycles. The van der Waals surface area contributed by atoms with E-state index in [1.165, 1.54) is 23.9 Å². The molecule has 120 valence electrons. The van der Waals surface area contributed by atoms with Crippen LogP contribution >= 0.6 is 11.8 Å². The van der Waals surface area contributed by atoms with Gasteiger partial charge in [-0.05, 0) is 44.0 Å². The molecule has 0 amide bonds. The quantitative estimate of drug-likeness (QED) is 0.786. The van der Waals surface area contributed by atoms with Gasteiger partial charge in [0.1, 0.15) is 5.82 Å². The molecule has 7 heteroatoms. The second-order valence-corrected chi connectivity index (χ2v) is 6.76. The number of hydrogen-bond acceptors (Lipinski definition) is 5. The van der Waals surface area contributed by atoms with E-state index in [1.54, 1.807) is 12.1 Å². The third-order valence-corrected chi connectivity index (χ3v) is 4.67. The molecule has 0 N–H and O–H groups in total. The van der Waals surface area contributed by atoms with Crippen molar-refractivity contribution >= 4 is 11.8 Å². The van der Waals surface area contributed by atoms with Crippen molar-refractivity contribution < 1.29 is 9.13 Å². The Morgan fingerprint density at radius 3 is 2.87 bits per heavy atom. The molecule has 0 aliphatic carbocycles. The molecule has 3 rings (SSSR count). The van der Waals surface area contributed by atoms with E-state index in [-0.39, 0.29) is 17.2 Å². The fourth-order valence-electron chi connectivity index (χ4n) is 2.53. The van der Waals surface area contributed by atoms with Gasteiger partial charge >= 0.3 is 0 Å². The van der Waals surface area contributed by atoms with E-state index in [2.05, 4.69) is 16.3 Å². The molecule has 0 spiro atoms. The largest absolute Gasteiger partial charge is 0.376 e. The van der Waals surface area contributed by atoms with Gasteiger partial charge in [0.05, 0.1) is 24.0 Å². The normalized spacial score (nSPS) is 18.7. The van der Waals surface area contributed by atoms with Crippen molar-refractivity contribution in [2.45, 2.75) is 42.8 Å². The van der Waals surface area contributed by atoms with Crippen LogP contribution in [0.3, 0.4) is 0 Å². The molecule has 5 nitrogen and oxygen atoms in total. The predicted molar refractivity (Wildman–Crippen MR) is 85.3 cm³/mol. The first-order chi connectivity index (χ1) is 11.2. The van der Waals surface area contributed by atoms with Gasteiger partial charge < -0.3 is 4.74 Å². The fourth-order valence-corrected chi connectivity index (χ4v) is 3.27. The second kappa shape index (κ2) is 7.11. The maximum Gasteiger partial charge on any atom is 0.192 e. The molecule has 1 fully saturated rings. The molecule has 2 aromatic rings. The summed E-state index contributed by atoms with van der Waals surface area (Å²) in [6, 6.07) is 8.38. The summed E-state index contributed by atoms with van der Waals surface area (Å²) >= 11 is 1.37. The molecule has 23 heavy (non-hydrogen) atoms. The Kier molecular flexibility index (Phi) is 4.94. The standard InChI is InChI=1S/C16H17FN4OS/c1-11(9-18)23-16-20-19-15(12-4-6-13(17)7-5-12)21(16)10-14-3-2-8-22-14/h4-7,11,14H,2-3,8,10H2,1H3. The summed E-state index contributed by atoms with van der Waals surface area (Å²) < 4.78 is 20.8. The number of nitrogens with zero attached hydrogens (tertiary/aromatic N) is 4. The first kappa shape index (κ1) is 16.0. The molecule has 1 aromatic heterocycles. The summed E-state index contributed by atoms with van der Waals surface area (Å²) in [5.41, 5.74) is 0.799. The topological polar surface area (TPSA) is 63.7 Å². The van der Waals surface area contributed by atoms with Gasteiger partial charge in [0, 0.05) is 12.2 Å². The van der Waals surface area contributed by atoms with Crippen LogP contribution in [0.1, 0.15) is 19.8 Å². The molecule has 1 saturated heterocycles. The summed E-state index contributed by atoms with van der Waals surface area (Å²) in [7, 11) is 0. The average molecular weight is 332 g/mol. The Morgan fingerprint density at radius 2 is 2.22 bits per heavy atom. The van der Waals surface area contributed by atoms with Crippen molar-refractivity contribution in [1.29, 1.82) is 5.26 Å². The fraction of sp³-hybridized carbons (Fsp3) is 0.438. The first-order valence-corrected chi connectivity index (χ1v) is 8.42. The zero-order valence-corrected chi connectivity index (χ0v) is 13.6. The van der Waals surface area contributed by atoms with Crippen LogP contribution in [-0.2, 0) is 11.3 Å². The molecule has 2 unspecified atom stereocenters. The highest BCUT2D eigenvalue weighted by atomic mass is 32.2. The Bertz CT molecular complexity index is 704. The Balaban J connectivity index is 1.94. The minimum Gasteiger partial charge on any atom is -0.376 e. The lowest BCUT2D eigenvalue weighted by Crippen LogP contribution is -2.17. The third-order valence-electron chi connectivity index (χ3n) is 3.69. The molecule has 2 heterocycles. The molecule has 1 aliphatic rings. The number of hydrogen-bond donors (Lipinski definition) is 0. The van der Waals surface area contributed by atoms with Gasteiger partial charge in [0.2, 0.25) is 0 Å². The van der Waals surface area contributed by atoms with E-state index >= 15 is 0 Å². The van der Waals surface area contributed by atoms with Gasteiger partial charge in [0.15, 0.2) is 11.0 Å². The van der Waals surface area contributed by atoms with Crippen LogP contribution < -0.4 is 0 Å². The summed E-state index contributed by atoms with van der Waals surface area (Å²) in [5, 5.41) is 18.0. The van der Waals surface area contributed by atoms with E-state index < -0.39 is 0 Å².